The summed E-state index contributed by atoms with van der Waals surface area (Å²) in [7, 11) is 0. The van der Waals surface area contributed by atoms with E-state index < -0.39 is 0 Å². The molecule has 0 bridgehead atoms. The standard InChI is InChI=1S/C22H19FN6O/c23-15-4-1-13(2-5-15)16-9-18(29-22-20(16)21(24)27-12-28-22)14-3-6-17(26-10-14)19-11-25-7-8-30-19/h1-6,9-10,12,19,25H,7-8,11H2,(H2,24,27,28,29). The van der Waals surface area contributed by atoms with Gasteiger partial charge in [0.2, 0.25) is 0 Å². The molecule has 3 aromatic heterocycles. The second-order valence-electron chi connectivity index (χ2n) is 7.05. The van der Waals surface area contributed by atoms with Gasteiger partial charge in [0.15, 0.2) is 5.65 Å². The molecular formula is C22H19FN6O. The molecule has 0 spiro atoms. The third-order valence-electron chi connectivity index (χ3n) is 5.13. The monoisotopic (exact) mass is 402 g/mol. The Bertz CT molecular complexity index is 1190. The molecular weight excluding hydrogens is 383 g/mol. The molecule has 4 heterocycles. The average Bonchev–Trinajstić information content (AvgIpc) is 2.80. The van der Waals surface area contributed by atoms with Gasteiger partial charge in [-0.1, -0.05) is 12.1 Å². The summed E-state index contributed by atoms with van der Waals surface area (Å²) < 4.78 is 19.2. The Labute approximate surface area is 172 Å². The Morgan fingerprint density at radius 3 is 2.60 bits per heavy atom. The fourth-order valence-corrected chi connectivity index (χ4v) is 3.60. The number of hydrogen-bond donors (Lipinski definition) is 2. The van der Waals surface area contributed by atoms with Gasteiger partial charge in [0.05, 0.1) is 23.4 Å². The predicted molar refractivity (Wildman–Crippen MR) is 112 cm³/mol. The van der Waals surface area contributed by atoms with Gasteiger partial charge in [0.1, 0.15) is 24.1 Å². The first-order chi connectivity index (χ1) is 14.7. The van der Waals surface area contributed by atoms with Crippen molar-refractivity contribution >= 4 is 16.9 Å². The molecule has 1 fully saturated rings. The number of aromatic nitrogens is 4. The Morgan fingerprint density at radius 1 is 1.03 bits per heavy atom. The van der Waals surface area contributed by atoms with Gasteiger partial charge < -0.3 is 15.8 Å². The number of nitrogens with two attached hydrogens (primary N) is 1. The van der Waals surface area contributed by atoms with Gasteiger partial charge in [-0.2, -0.15) is 0 Å². The summed E-state index contributed by atoms with van der Waals surface area (Å²) in [5.41, 5.74) is 10.6. The molecule has 30 heavy (non-hydrogen) atoms. The number of nitrogen functional groups attached to an aromatic ring is 1. The van der Waals surface area contributed by atoms with Crippen molar-refractivity contribution < 1.29 is 9.13 Å². The van der Waals surface area contributed by atoms with Crippen LogP contribution in [0.25, 0.3) is 33.4 Å². The van der Waals surface area contributed by atoms with Crippen molar-refractivity contribution in [1.29, 1.82) is 0 Å². The number of pyridine rings is 2. The molecule has 1 saturated heterocycles. The van der Waals surface area contributed by atoms with Crippen LogP contribution < -0.4 is 11.1 Å². The molecule has 0 aliphatic carbocycles. The summed E-state index contributed by atoms with van der Waals surface area (Å²) in [4.78, 5) is 17.6. The molecule has 1 aliphatic heterocycles. The average molecular weight is 402 g/mol. The molecule has 1 aliphatic rings. The van der Waals surface area contributed by atoms with E-state index in [2.05, 4.69) is 25.3 Å². The van der Waals surface area contributed by atoms with Crippen LogP contribution >= 0.6 is 0 Å². The van der Waals surface area contributed by atoms with Crippen molar-refractivity contribution in [1.82, 2.24) is 25.3 Å². The van der Waals surface area contributed by atoms with E-state index in [9.17, 15) is 4.39 Å². The number of benzene rings is 1. The number of hydrogen-bond acceptors (Lipinski definition) is 7. The van der Waals surface area contributed by atoms with E-state index in [1.54, 1.807) is 18.3 Å². The van der Waals surface area contributed by atoms with E-state index in [1.807, 2.05) is 18.2 Å². The first kappa shape index (κ1) is 18.5. The maximum Gasteiger partial charge on any atom is 0.165 e. The maximum atomic E-state index is 13.4. The minimum absolute atomic E-state index is 0.0559. The molecule has 150 valence electrons. The summed E-state index contributed by atoms with van der Waals surface area (Å²) in [6, 6.07) is 12.1. The van der Waals surface area contributed by atoms with E-state index >= 15 is 0 Å². The van der Waals surface area contributed by atoms with Crippen molar-refractivity contribution in [3.05, 3.63) is 66.5 Å². The zero-order valence-electron chi connectivity index (χ0n) is 16.0. The molecule has 1 unspecified atom stereocenters. The number of ether oxygens (including phenoxy) is 1. The zero-order chi connectivity index (χ0) is 20.5. The highest BCUT2D eigenvalue weighted by molar-refractivity contribution is 6.00. The van der Waals surface area contributed by atoms with Crippen LogP contribution in [-0.4, -0.2) is 39.6 Å². The highest BCUT2D eigenvalue weighted by Gasteiger charge is 2.18. The topological polar surface area (TPSA) is 98.8 Å². The van der Waals surface area contributed by atoms with Gasteiger partial charge in [0, 0.05) is 24.8 Å². The maximum absolute atomic E-state index is 13.4. The Morgan fingerprint density at radius 2 is 1.87 bits per heavy atom. The molecule has 0 saturated carbocycles. The van der Waals surface area contributed by atoms with Crippen molar-refractivity contribution in [2.75, 3.05) is 25.4 Å². The molecule has 7 nitrogen and oxygen atoms in total. The highest BCUT2D eigenvalue weighted by atomic mass is 19.1. The van der Waals surface area contributed by atoms with Crippen LogP contribution in [0.2, 0.25) is 0 Å². The summed E-state index contributed by atoms with van der Waals surface area (Å²) >= 11 is 0. The van der Waals surface area contributed by atoms with Crippen molar-refractivity contribution in [3.8, 4) is 22.4 Å². The fraction of sp³-hybridized carbons (Fsp3) is 0.182. The highest BCUT2D eigenvalue weighted by Crippen LogP contribution is 2.33. The quantitative estimate of drug-likeness (QED) is 0.543. The van der Waals surface area contributed by atoms with Gasteiger partial charge >= 0.3 is 0 Å². The van der Waals surface area contributed by atoms with E-state index in [1.165, 1.54) is 18.5 Å². The van der Waals surface area contributed by atoms with Gasteiger partial charge in [-0.3, -0.25) is 4.98 Å². The third kappa shape index (κ3) is 3.47. The second kappa shape index (κ2) is 7.74. The zero-order valence-corrected chi connectivity index (χ0v) is 16.0. The SMILES string of the molecule is Nc1ncnc2nc(-c3ccc(C4CNCCO4)nc3)cc(-c3ccc(F)cc3)c12. The second-order valence-corrected chi connectivity index (χ2v) is 7.05. The van der Waals surface area contributed by atoms with Gasteiger partial charge in [0.25, 0.3) is 0 Å². The lowest BCUT2D eigenvalue weighted by Crippen LogP contribution is -2.33. The van der Waals surface area contributed by atoms with E-state index in [-0.39, 0.29) is 11.9 Å². The smallest absolute Gasteiger partial charge is 0.165 e. The van der Waals surface area contributed by atoms with Crippen molar-refractivity contribution in [3.63, 3.8) is 0 Å². The lowest BCUT2D eigenvalue weighted by atomic mass is 10.00. The Balaban J connectivity index is 1.60. The molecule has 0 radical (unpaired) electrons. The molecule has 3 N–H and O–H groups in total. The van der Waals surface area contributed by atoms with E-state index in [0.29, 0.717) is 29.2 Å². The largest absolute Gasteiger partial charge is 0.383 e. The van der Waals surface area contributed by atoms with Crippen LogP contribution in [0.5, 0.6) is 0 Å². The predicted octanol–water partition coefficient (Wildman–Crippen LogP) is 3.14. The molecule has 8 heteroatoms. The number of nitrogens with zero attached hydrogens (tertiary/aromatic N) is 4. The van der Waals surface area contributed by atoms with Gasteiger partial charge in [-0.15, -0.1) is 0 Å². The lowest BCUT2D eigenvalue weighted by Gasteiger charge is -2.23. The third-order valence-corrected chi connectivity index (χ3v) is 5.13. The normalized spacial score (nSPS) is 16.6. The molecule has 5 rings (SSSR count). The van der Waals surface area contributed by atoms with Crippen LogP contribution in [-0.2, 0) is 4.74 Å². The Kier molecular flexibility index (Phi) is 4.78. The first-order valence-electron chi connectivity index (χ1n) is 9.65. The summed E-state index contributed by atoms with van der Waals surface area (Å²) in [5.74, 6) is 0.0227. The van der Waals surface area contributed by atoms with Gasteiger partial charge in [-0.05, 0) is 41.5 Å². The molecule has 1 atom stereocenters. The molecule has 4 aromatic rings. The van der Waals surface area contributed by atoms with E-state index in [0.717, 1.165) is 35.5 Å². The number of anilines is 1. The molecule has 1 aromatic carbocycles. The van der Waals surface area contributed by atoms with Crippen molar-refractivity contribution in [2.24, 2.45) is 0 Å². The number of fused-ring (bicyclic) bond motifs is 1. The number of halogens is 1. The lowest BCUT2D eigenvalue weighted by molar-refractivity contribution is 0.0250. The Hall–Kier alpha value is -3.49. The number of nitrogens with one attached hydrogen (secondary N) is 1. The van der Waals surface area contributed by atoms with Crippen LogP contribution in [0.3, 0.4) is 0 Å². The van der Waals surface area contributed by atoms with Crippen LogP contribution in [0.4, 0.5) is 10.2 Å². The minimum atomic E-state index is -0.305. The molecule has 0 amide bonds. The number of morpholine rings is 1. The van der Waals surface area contributed by atoms with Crippen LogP contribution in [0, 0.1) is 5.82 Å². The van der Waals surface area contributed by atoms with Crippen molar-refractivity contribution in [2.45, 2.75) is 6.10 Å². The van der Waals surface area contributed by atoms with Crippen LogP contribution in [0.1, 0.15) is 11.8 Å². The van der Waals surface area contributed by atoms with Gasteiger partial charge in [-0.25, -0.2) is 19.3 Å². The van der Waals surface area contributed by atoms with Crippen LogP contribution in [0.15, 0.2) is 55.0 Å². The fourth-order valence-electron chi connectivity index (χ4n) is 3.60. The first-order valence-corrected chi connectivity index (χ1v) is 9.65. The summed E-state index contributed by atoms with van der Waals surface area (Å²) in [5, 5.41) is 3.94. The summed E-state index contributed by atoms with van der Waals surface area (Å²) in [6.45, 7) is 2.26. The summed E-state index contributed by atoms with van der Waals surface area (Å²) in [6.07, 6.45) is 3.11. The number of rotatable bonds is 3. The van der Waals surface area contributed by atoms with E-state index in [4.69, 9.17) is 10.5 Å². The minimum Gasteiger partial charge on any atom is -0.383 e.